The predicted octanol–water partition coefficient (Wildman–Crippen LogP) is 1.83. The number of benzene rings is 1. The van der Waals surface area contributed by atoms with Gasteiger partial charge in [-0.25, -0.2) is 9.48 Å². The fourth-order valence-electron chi connectivity index (χ4n) is 2.76. The third kappa shape index (κ3) is 4.09. The Kier molecular flexibility index (Phi) is 6.13. The van der Waals surface area contributed by atoms with Crippen LogP contribution in [0.25, 0.3) is 10.8 Å². The molecule has 1 heterocycles. The summed E-state index contributed by atoms with van der Waals surface area (Å²) in [4.78, 5) is 36.9. The zero-order chi connectivity index (χ0) is 19.4. The smallest absolute Gasteiger partial charge is 0.328 e. The summed E-state index contributed by atoms with van der Waals surface area (Å²) in [5.74, 6) is -0.945. The highest BCUT2D eigenvalue weighted by atomic mass is 16.5. The molecular weight excluding hydrogens is 334 g/mol. The van der Waals surface area contributed by atoms with Crippen molar-refractivity contribution in [1.29, 1.82) is 0 Å². The SMILES string of the molecule is COC(=O)[C@@H](NC(=O)Cc1nn(C(C)C)c(=O)c2ccccc12)C(C)C. The van der Waals surface area contributed by atoms with Gasteiger partial charge >= 0.3 is 5.97 Å². The van der Waals surface area contributed by atoms with Crippen LogP contribution in [0.5, 0.6) is 0 Å². The monoisotopic (exact) mass is 359 g/mol. The fourth-order valence-corrected chi connectivity index (χ4v) is 2.76. The summed E-state index contributed by atoms with van der Waals surface area (Å²) in [6.07, 6.45) is -0.0340. The molecule has 2 rings (SSSR count). The number of hydrogen-bond donors (Lipinski definition) is 1. The number of amides is 1. The highest BCUT2D eigenvalue weighted by Crippen LogP contribution is 2.15. The van der Waals surface area contributed by atoms with Crippen molar-refractivity contribution in [2.45, 2.75) is 46.2 Å². The number of carbonyl (C=O) groups is 2. The van der Waals surface area contributed by atoms with Gasteiger partial charge in [0.05, 0.1) is 30.7 Å². The first-order valence-corrected chi connectivity index (χ1v) is 8.63. The van der Waals surface area contributed by atoms with Gasteiger partial charge in [0.2, 0.25) is 5.91 Å². The Balaban J connectivity index is 2.38. The number of hydrogen-bond acceptors (Lipinski definition) is 5. The minimum Gasteiger partial charge on any atom is -0.467 e. The molecule has 0 saturated carbocycles. The van der Waals surface area contributed by atoms with E-state index in [1.165, 1.54) is 11.8 Å². The van der Waals surface area contributed by atoms with Crippen LogP contribution in [0.15, 0.2) is 29.1 Å². The zero-order valence-corrected chi connectivity index (χ0v) is 15.8. The number of rotatable bonds is 6. The predicted molar refractivity (Wildman–Crippen MR) is 98.9 cm³/mol. The zero-order valence-electron chi connectivity index (χ0n) is 15.8. The van der Waals surface area contributed by atoms with Crippen LogP contribution >= 0.6 is 0 Å². The van der Waals surface area contributed by atoms with Crippen LogP contribution in [0.1, 0.15) is 39.4 Å². The number of esters is 1. The summed E-state index contributed by atoms with van der Waals surface area (Å²) >= 11 is 0. The average Bonchev–Trinajstić information content (AvgIpc) is 2.61. The first-order chi connectivity index (χ1) is 12.3. The van der Waals surface area contributed by atoms with E-state index in [1.54, 1.807) is 24.3 Å². The maximum Gasteiger partial charge on any atom is 0.328 e. The van der Waals surface area contributed by atoms with Crippen LogP contribution < -0.4 is 10.9 Å². The number of ether oxygens (including phenoxy) is 1. The van der Waals surface area contributed by atoms with Gasteiger partial charge in [-0.05, 0) is 25.8 Å². The lowest BCUT2D eigenvalue weighted by Crippen LogP contribution is -2.45. The van der Waals surface area contributed by atoms with Crippen LogP contribution in [-0.2, 0) is 20.7 Å². The molecule has 0 aliphatic carbocycles. The summed E-state index contributed by atoms with van der Waals surface area (Å²) in [5, 5.41) is 8.25. The number of methoxy groups -OCH3 is 1. The summed E-state index contributed by atoms with van der Waals surface area (Å²) in [7, 11) is 1.29. The maximum absolute atomic E-state index is 12.5. The maximum atomic E-state index is 12.5. The van der Waals surface area contributed by atoms with E-state index in [-0.39, 0.29) is 29.8 Å². The molecule has 1 aromatic heterocycles. The number of aromatic nitrogens is 2. The molecule has 26 heavy (non-hydrogen) atoms. The van der Waals surface area contributed by atoms with Gasteiger partial charge in [-0.1, -0.05) is 32.0 Å². The first-order valence-electron chi connectivity index (χ1n) is 8.63. The summed E-state index contributed by atoms with van der Waals surface area (Å²) in [6.45, 7) is 7.38. The molecule has 2 aromatic rings. The highest BCUT2D eigenvalue weighted by molar-refractivity contribution is 5.90. The number of nitrogens with zero attached hydrogens (tertiary/aromatic N) is 2. The molecule has 0 fully saturated rings. The Morgan fingerprint density at radius 2 is 1.77 bits per heavy atom. The molecule has 0 bridgehead atoms. The second kappa shape index (κ2) is 8.12. The molecule has 0 unspecified atom stereocenters. The van der Waals surface area contributed by atoms with Gasteiger partial charge < -0.3 is 10.1 Å². The molecular formula is C19H25N3O4. The normalized spacial score (nSPS) is 12.4. The molecule has 0 spiro atoms. The largest absolute Gasteiger partial charge is 0.467 e. The third-order valence-corrected chi connectivity index (χ3v) is 4.16. The summed E-state index contributed by atoms with van der Waals surface area (Å²) < 4.78 is 6.13. The molecule has 1 aromatic carbocycles. The molecule has 140 valence electrons. The lowest BCUT2D eigenvalue weighted by molar-refractivity contribution is -0.146. The van der Waals surface area contributed by atoms with Gasteiger partial charge in [0.1, 0.15) is 6.04 Å². The Morgan fingerprint density at radius 3 is 2.31 bits per heavy atom. The highest BCUT2D eigenvalue weighted by Gasteiger charge is 2.25. The molecule has 7 nitrogen and oxygen atoms in total. The van der Waals surface area contributed by atoms with Crippen molar-refractivity contribution in [1.82, 2.24) is 15.1 Å². The number of nitrogens with one attached hydrogen (secondary N) is 1. The minimum atomic E-state index is -0.727. The van der Waals surface area contributed by atoms with Crippen LogP contribution in [0.4, 0.5) is 0 Å². The van der Waals surface area contributed by atoms with Crippen molar-refractivity contribution in [2.75, 3.05) is 7.11 Å². The van der Waals surface area contributed by atoms with Crippen molar-refractivity contribution in [3.8, 4) is 0 Å². The molecule has 1 atom stereocenters. The minimum absolute atomic E-state index is 0.0340. The van der Waals surface area contributed by atoms with Gasteiger partial charge in [0, 0.05) is 5.39 Å². The summed E-state index contributed by atoms with van der Waals surface area (Å²) in [5.41, 5.74) is 0.313. The molecule has 0 radical (unpaired) electrons. The van der Waals surface area contributed by atoms with Gasteiger partial charge in [0.15, 0.2) is 0 Å². The standard InChI is InChI=1S/C19H25N3O4/c1-11(2)17(19(25)26-5)20-16(23)10-15-13-8-6-7-9-14(13)18(24)22(21-15)12(3)4/h6-9,11-12,17H,10H2,1-5H3,(H,20,23)/t17-/m0/s1. The van der Waals surface area contributed by atoms with E-state index < -0.39 is 12.0 Å². The molecule has 0 aliphatic heterocycles. The van der Waals surface area contributed by atoms with E-state index >= 15 is 0 Å². The lowest BCUT2D eigenvalue weighted by atomic mass is 10.0. The fraction of sp³-hybridized carbons (Fsp3) is 0.474. The molecule has 1 amide bonds. The topological polar surface area (TPSA) is 90.3 Å². The Labute approximate surface area is 152 Å². The Morgan fingerprint density at radius 1 is 1.15 bits per heavy atom. The van der Waals surface area contributed by atoms with E-state index in [4.69, 9.17) is 4.74 Å². The molecule has 0 saturated heterocycles. The van der Waals surface area contributed by atoms with Crippen LogP contribution in [0.2, 0.25) is 0 Å². The van der Waals surface area contributed by atoms with Crippen molar-refractivity contribution in [3.63, 3.8) is 0 Å². The van der Waals surface area contributed by atoms with E-state index in [9.17, 15) is 14.4 Å². The van der Waals surface area contributed by atoms with Crippen LogP contribution in [-0.4, -0.2) is 34.8 Å². The first kappa shape index (κ1) is 19.6. The second-order valence-corrected chi connectivity index (χ2v) is 6.82. The summed E-state index contributed by atoms with van der Waals surface area (Å²) in [6, 6.07) is 6.23. The van der Waals surface area contributed by atoms with E-state index in [2.05, 4.69) is 10.4 Å². The molecule has 1 N–H and O–H groups in total. The van der Waals surface area contributed by atoms with Gasteiger partial charge in [-0.2, -0.15) is 5.10 Å². The lowest BCUT2D eigenvalue weighted by Gasteiger charge is -2.20. The van der Waals surface area contributed by atoms with Crippen LogP contribution in [0.3, 0.4) is 0 Å². The van der Waals surface area contributed by atoms with Crippen molar-refractivity contribution >= 4 is 22.6 Å². The third-order valence-electron chi connectivity index (χ3n) is 4.16. The van der Waals surface area contributed by atoms with Crippen LogP contribution in [0, 0.1) is 5.92 Å². The number of fused-ring (bicyclic) bond motifs is 1. The van der Waals surface area contributed by atoms with E-state index in [0.717, 1.165) is 0 Å². The Bertz CT molecular complexity index is 871. The average molecular weight is 359 g/mol. The van der Waals surface area contributed by atoms with Crippen molar-refractivity contribution < 1.29 is 14.3 Å². The Hall–Kier alpha value is -2.70. The molecule has 0 aliphatic rings. The van der Waals surface area contributed by atoms with Crippen molar-refractivity contribution in [3.05, 3.63) is 40.3 Å². The van der Waals surface area contributed by atoms with Gasteiger partial charge in [-0.15, -0.1) is 0 Å². The molecule has 7 heteroatoms. The number of carbonyl (C=O) groups excluding carboxylic acids is 2. The quantitative estimate of drug-likeness (QED) is 0.795. The van der Waals surface area contributed by atoms with Gasteiger partial charge in [0.25, 0.3) is 5.56 Å². The van der Waals surface area contributed by atoms with Crippen molar-refractivity contribution in [2.24, 2.45) is 5.92 Å². The van der Waals surface area contributed by atoms with Gasteiger partial charge in [-0.3, -0.25) is 9.59 Å². The van der Waals surface area contributed by atoms with E-state index in [0.29, 0.717) is 16.5 Å². The second-order valence-electron chi connectivity index (χ2n) is 6.82. The van der Waals surface area contributed by atoms with E-state index in [1.807, 2.05) is 27.7 Å².